The predicted octanol–water partition coefficient (Wildman–Crippen LogP) is -0.314. The summed E-state index contributed by atoms with van der Waals surface area (Å²) in [5.41, 5.74) is 3.59. The topological polar surface area (TPSA) is 259 Å². The average molecular weight is 577 g/mol. The molecule has 2 unspecified atom stereocenters. The number of nitrogens with one attached hydrogen (secondary N) is 1. The van der Waals surface area contributed by atoms with Crippen LogP contribution in [0.15, 0.2) is 28.4 Å². The van der Waals surface area contributed by atoms with Crippen molar-refractivity contribution in [3.8, 4) is 11.8 Å². The highest BCUT2D eigenvalue weighted by Gasteiger charge is 2.41. The molecule has 1 rings (SSSR count). The van der Waals surface area contributed by atoms with E-state index in [-0.39, 0.29) is 31.7 Å². The molecule has 17 nitrogen and oxygen atoms in total. The first-order chi connectivity index (χ1) is 16.6. The van der Waals surface area contributed by atoms with Crippen molar-refractivity contribution >= 4 is 23.5 Å². The van der Waals surface area contributed by atoms with Gasteiger partial charge in [0, 0.05) is 6.20 Å². The van der Waals surface area contributed by atoms with Crippen LogP contribution in [0.2, 0.25) is 0 Å². The van der Waals surface area contributed by atoms with Crippen molar-refractivity contribution in [1.29, 1.82) is 0 Å². The van der Waals surface area contributed by atoms with Crippen molar-refractivity contribution in [1.82, 2.24) is 9.55 Å². The van der Waals surface area contributed by atoms with E-state index < -0.39 is 53.7 Å². The number of nitrogens with two attached hydrogens (primary N) is 1. The van der Waals surface area contributed by atoms with Crippen LogP contribution in [0.25, 0.3) is 0 Å². The first-order valence-corrected chi connectivity index (χ1v) is 14.3. The average Bonchev–Trinajstić information content (AvgIpc) is 2.72. The Bertz CT molecular complexity index is 1210. The van der Waals surface area contributed by atoms with Crippen LogP contribution in [0.3, 0.4) is 0 Å². The Morgan fingerprint density at radius 3 is 2.39 bits per heavy atom. The van der Waals surface area contributed by atoms with Crippen LogP contribution in [0.4, 0.5) is 0 Å². The van der Waals surface area contributed by atoms with Crippen molar-refractivity contribution in [3.05, 3.63) is 45.3 Å². The summed E-state index contributed by atoms with van der Waals surface area (Å²) in [6.07, 6.45) is 0.322. The Hall–Kier alpha value is -1.73. The van der Waals surface area contributed by atoms with Crippen LogP contribution in [0, 0.1) is 11.8 Å². The molecule has 0 spiro atoms. The van der Waals surface area contributed by atoms with E-state index in [2.05, 4.69) is 36.5 Å². The Morgan fingerprint density at radius 1 is 1.17 bits per heavy atom. The van der Waals surface area contributed by atoms with E-state index >= 15 is 0 Å². The zero-order valence-electron chi connectivity index (χ0n) is 18.8. The molecule has 20 heteroatoms. The Kier molecular flexibility index (Phi) is 12.8. The number of ether oxygens (including phenoxy) is 2. The van der Waals surface area contributed by atoms with Gasteiger partial charge in [0.15, 0.2) is 0 Å². The molecule has 204 valence electrons. The van der Waals surface area contributed by atoms with Gasteiger partial charge in [0.1, 0.15) is 17.9 Å². The lowest BCUT2D eigenvalue weighted by atomic mass is 10.3. The fraction of sp³-hybridized carbons (Fsp3) is 0.500. The van der Waals surface area contributed by atoms with E-state index in [1.54, 1.807) is 6.92 Å². The van der Waals surface area contributed by atoms with Gasteiger partial charge in [0.05, 0.1) is 26.4 Å². The third-order valence-electron chi connectivity index (χ3n) is 3.68. The van der Waals surface area contributed by atoms with Crippen LogP contribution in [-0.2, 0) is 36.3 Å². The van der Waals surface area contributed by atoms with Crippen molar-refractivity contribution in [2.24, 2.45) is 5.73 Å². The highest BCUT2D eigenvalue weighted by Crippen LogP contribution is 2.66. The van der Waals surface area contributed by atoms with Crippen LogP contribution < -0.4 is 17.0 Å². The Labute approximate surface area is 204 Å². The first-order valence-electron chi connectivity index (χ1n) is 9.80. The quantitative estimate of drug-likeness (QED) is 0.0676. The summed E-state index contributed by atoms with van der Waals surface area (Å²) in [5.74, 6) is 4.97. The Morgan fingerprint density at radius 2 is 1.83 bits per heavy atom. The fourth-order valence-electron chi connectivity index (χ4n) is 2.41. The van der Waals surface area contributed by atoms with Gasteiger partial charge in [-0.15, -0.1) is 6.58 Å². The minimum absolute atomic E-state index is 0.0172. The maximum absolute atomic E-state index is 12.3. The molecule has 0 saturated heterocycles. The summed E-state index contributed by atoms with van der Waals surface area (Å²) < 4.78 is 58.1. The highest BCUT2D eigenvalue weighted by molar-refractivity contribution is 7.66. The zero-order chi connectivity index (χ0) is 27.6. The summed E-state index contributed by atoms with van der Waals surface area (Å²) in [6, 6.07) is 0. The second kappa shape index (κ2) is 14.3. The van der Waals surface area contributed by atoms with Gasteiger partial charge in [-0.1, -0.05) is 24.8 Å². The van der Waals surface area contributed by atoms with Crippen LogP contribution in [-0.4, -0.2) is 61.6 Å². The number of hydrogen-bond acceptors (Lipinski definition) is 11. The predicted molar refractivity (Wildman–Crippen MR) is 122 cm³/mol. The molecule has 0 saturated carbocycles. The van der Waals surface area contributed by atoms with Gasteiger partial charge in [-0.05, 0) is 6.42 Å². The van der Waals surface area contributed by atoms with Gasteiger partial charge in [-0.25, -0.2) is 18.5 Å². The molecule has 0 fully saturated rings. The summed E-state index contributed by atoms with van der Waals surface area (Å²) >= 11 is 0. The highest BCUT2D eigenvalue weighted by atomic mass is 31.3. The molecule has 0 bridgehead atoms. The minimum atomic E-state index is -5.72. The van der Waals surface area contributed by atoms with Gasteiger partial charge in [0.25, 0.3) is 5.56 Å². The number of phosphoric acid groups is 3. The molecular formula is C16H26N3O14P3. The molecule has 0 radical (unpaired) electrons. The van der Waals surface area contributed by atoms with Gasteiger partial charge < -0.3 is 34.8 Å². The van der Waals surface area contributed by atoms with Crippen LogP contribution >= 0.6 is 23.5 Å². The number of rotatable bonds is 15. The minimum Gasteiger partial charge on any atom is -0.375 e. The lowest BCUT2D eigenvalue weighted by molar-refractivity contribution is -0.104. The molecule has 7 N–H and O–H groups in total. The molecule has 0 aliphatic carbocycles. The van der Waals surface area contributed by atoms with E-state index in [4.69, 9.17) is 25.0 Å². The third kappa shape index (κ3) is 12.0. The van der Waals surface area contributed by atoms with E-state index in [1.807, 2.05) is 0 Å². The summed E-state index contributed by atoms with van der Waals surface area (Å²) in [4.78, 5) is 62.4. The van der Waals surface area contributed by atoms with E-state index in [0.29, 0.717) is 0 Å². The fourth-order valence-corrected chi connectivity index (χ4v) is 5.45. The normalized spacial score (nSPS) is 16.7. The second-order valence-electron chi connectivity index (χ2n) is 6.55. The number of aromatic amines is 1. The smallest absolute Gasteiger partial charge is 0.375 e. The Balaban J connectivity index is 3.11. The third-order valence-corrected chi connectivity index (χ3v) is 7.48. The molecule has 0 amide bonds. The summed E-state index contributed by atoms with van der Waals surface area (Å²) in [6.45, 7) is 3.88. The molecular weight excluding hydrogens is 551 g/mol. The first kappa shape index (κ1) is 32.3. The summed E-state index contributed by atoms with van der Waals surface area (Å²) in [7, 11) is -16.7. The number of nitrogens with zero attached hydrogens (tertiary/aromatic N) is 1. The maximum atomic E-state index is 12.3. The molecule has 1 heterocycles. The van der Waals surface area contributed by atoms with Crippen molar-refractivity contribution in [2.75, 3.05) is 26.4 Å². The van der Waals surface area contributed by atoms with Gasteiger partial charge in [0.2, 0.25) is 0 Å². The molecule has 0 aromatic carbocycles. The number of phosphoric ester groups is 1. The monoisotopic (exact) mass is 577 g/mol. The van der Waals surface area contributed by atoms with Crippen molar-refractivity contribution < 1.29 is 55.9 Å². The molecule has 0 aliphatic rings. The molecule has 0 aliphatic heterocycles. The second-order valence-corrected chi connectivity index (χ2v) is 11.0. The van der Waals surface area contributed by atoms with E-state index in [9.17, 15) is 33.1 Å². The molecule has 4 atom stereocenters. The summed E-state index contributed by atoms with van der Waals surface area (Å²) in [5, 5.41) is 0. The molecule has 36 heavy (non-hydrogen) atoms. The van der Waals surface area contributed by atoms with E-state index in [0.717, 1.165) is 10.8 Å². The van der Waals surface area contributed by atoms with Crippen molar-refractivity contribution in [3.63, 3.8) is 0 Å². The van der Waals surface area contributed by atoms with E-state index in [1.165, 1.54) is 6.08 Å². The number of hydrogen-bond donors (Lipinski definition) is 6. The largest absolute Gasteiger partial charge is 0.490 e. The maximum Gasteiger partial charge on any atom is 0.490 e. The van der Waals surface area contributed by atoms with Crippen LogP contribution in [0.1, 0.15) is 25.1 Å². The lowest BCUT2D eigenvalue weighted by Crippen LogP contribution is -2.37. The lowest BCUT2D eigenvalue weighted by Gasteiger charge is -2.26. The van der Waals surface area contributed by atoms with Gasteiger partial charge >= 0.3 is 29.2 Å². The molecule has 1 aromatic heterocycles. The number of H-pyrrole nitrogens is 1. The van der Waals surface area contributed by atoms with Crippen LogP contribution in [0.5, 0.6) is 0 Å². The van der Waals surface area contributed by atoms with Gasteiger partial charge in [-0.3, -0.25) is 18.9 Å². The standard InChI is InChI=1S/C16H26N3O14P3/c1-3-8-29-10-13(11-30-35(25,26)33-36(27,28)32-34(22,23)24)31-14(4-2)19-9-12(6-5-7-17)15(20)18-16(19)21/h3,9,13-14H,1,4,7-8,10-11,17H2,2H3,(H,25,26)(H,27,28)(H,18,20,21)(H2,22,23,24)/t13-,14+/m0/s1. The van der Waals surface area contributed by atoms with Gasteiger partial charge in [-0.2, -0.15) is 8.62 Å². The van der Waals surface area contributed by atoms with Crippen molar-refractivity contribution in [2.45, 2.75) is 25.7 Å². The zero-order valence-corrected chi connectivity index (χ0v) is 21.5. The number of aromatic nitrogens is 2. The SMILES string of the molecule is C=CCOC[C@@H](COP(=O)(O)OP(=O)(O)OP(=O)(O)O)O[C@H](CC)n1cc(C#CCN)c(=O)[nH]c1=O. The molecule has 1 aromatic rings.